The SMILES string of the molecule is O=C(NCC(c1ccsc1)N1CCCC1)C(=O)Nc1nccs1. The second-order valence-electron chi connectivity index (χ2n) is 5.32. The topological polar surface area (TPSA) is 74.3 Å². The maximum atomic E-state index is 12.0. The van der Waals surface area contributed by atoms with E-state index < -0.39 is 11.8 Å². The third-order valence-corrected chi connectivity index (χ3v) is 5.21. The quantitative estimate of drug-likeness (QED) is 0.810. The highest BCUT2D eigenvalue weighted by Crippen LogP contribution is 2.26. The molecule has 23 heavy (non-hydrogen) atoms. The first kappa shape index (κ1) is 16.1. The van der Waals surface area contributed by atoms with E-state index in [4.69, 9.17) is 0 Å². The molecule has 2 amide bonds. The van der Waals surface area contributed by atoms with Crippen molar-refractivity contribution in [1.82, 2.24) is 15.2 Å². The molecule has 0 bridgehead atoms. The molecule has 2 N–H and O–H groups in total. The molecule has 1 unspecified atom stereocenters. The van der Waals surface area contributed by atoms with Gasteiger partial charge in [0.05, 0.1) is 6.04 Å². The minimum atomic E-state index is -0.676. The zero-order valence-electron chi connectivity index (χ0n) is 12.5. The average molecular weight is 350 g/mol. The first-order valence-corrected chi connectivity index (χ1v) is 9.31. The highest BCUT2D eigenvalue weighted by atomic mass is 32.1. The molecule has 2 aromatic rings. The van der Waals surface area contributed by atoms with Crippen molar-refractivity contribution in [2.45, 2.75) is 18.9 Å². The van der Waals surface area contributed by atoms with Crippen LogP contribution in [-0.2, 0) is 9.59 Å². The Morgan fingerprint density at radius 1 is 1.26 bits per heavy atom. The number of carbonyl (C=O) groups excluding carboxylic acids is 2. The molecule has 1 saturated heterocycles. The lowest BCUT2D eigenvalue weighted by molar-refractivity contribution is -0.136. The Hall–Kier alpha value is -1.77. The molecule has 122 valence electrons. The molecular formula is C15H18N4O2S2. The summed E-state index contributed by atoms with van der Waals surface area (Å²) in [5, 5.41) is 11.6. The smallest absolute Gasteiger partial charge is 0.315 e. The van der Waals surface area contributed by atoms with Gasteiger partial charge in [0.15, 0.2) is 5.13 Å². The fourth-order valence-electron chi connectivity index (χ4n) is 2.68. The van der Waals surface area contributed by atoms with Crippen molar-refractivity contribution in [1.29, 1.82) is 0 Å². The second-order valence-corrected chi connectivity index (χ2v) is 6.99. The summed E-state index contributed by atoms with van der Waals surface area (Å²) in [7, 11) is 0. The number of anilines is 1. The van der Waals surface area contributed by atoms with Crippen molar-refractivity contribution < 1.29 is 9.59 Å². The Labute approximate surface area is 142 Å². The number of amides is 2. The summed E-state index contributed by atoms with van der Waals surface area (Å²) in [6.07, 6.45) is 3.94. The van der Waals surface area contributed by atoms with E-state index in [0.29, 0.717) is 11.7 Å². The number of aromatic nitrogens is 1. The summed E-state index contributed by atoms with van der Waals surface area (Å²) in [6, 6.07) is 2.20. The van der Waals surface area contributed by atoms with Gasteiger partial charge in [-0.25, -0.2) is 4.98 Å². The fourth-order valence-corrected chi connectivity index (χ4v) is 3.92. The van der Waals surface area contributed by atoms with Crippen LogP contribution in [0.25, 0.3) is 0 Å². The van der Waals surface area contributed by atoms with Crippen LogP contribution in [0.5, 0.6) is 0 Å². The van der Waals surface area contributed by atoms with Gasteiger partial charge in [-0.15, -0.1) is 11.3 Å². The summed E-state index contributed by atoms with van der Waals surface area (Å²) in [6.45, 7) is 2.49. The normalized spacial score (nSPS) is 16.2. The lowest BCUT2D eigenvalue weighted by Gasteiger charge is -2.27. The lowest BCUT2D eigenvalue weighted by Crippen LogP contribution is -2.41. The molecule has 3 rings (SSSR count). The first-order valence-electron chi connectivity index (χ1n) is 7.49. The highest BCUT2D eigenvalue weighted by Gasteiger charge is 2.25. The van der Waals surface area contributed by atoms with Crippen LogP contribution in [0, 0.1) is 0 Å². The van der Waals surface area contributed by atoms with Crippen LogP contribution in [0.2, 0.25) is 0 Å². The second kappa shape index (κ2) is 7.67. The van der Waals surface area contributed by atoms with Crippen molar-refractivity contribution >= 4 is 39.6 Å². The van der Waals surface area contributed by atoms with Gasteiger partial charge in [-0.05, 0) is 48.3 Å². The monoisotopic (exact) mass is 350 g/mol. The molecular weight excluding hydrogens is 332 g/mol. The summed E-state index contributed by atoms with van der Waals surface area (Å²) in [4.78, 5) is 30.2. The van der Waals surface area contributed by atoms with E-state index in [1.165, 1.54) is 29.7 Å². The van der Waals surface area contributed by atoms with E-state index in [0.717, 1.165) is 13.1 Å². The van der Waals surface area contributed by atoms with Crippen molar-refractivity contribution in [2.75, 3.05) is 25.0 Å². The zero-order valence-corrected chi connectivity index (χ0v) is 14.2. The van der Waals surface area contributed by atoms with Gasteiger partial charge >= 0.3 is 11.8 Å². The molecule has 0 saturated carbocycles. The van der Waals surface area contributed by atoms with Crippen molar-refractivity contribution in [3.63, 3.8) is 0 Å². The third kappa shape index (κ3) is 4.15. The maximum absolute atomic E-state index is 12.0. The Bertz CT molecular complexity index is 637. The largest absolute Gasteiger partial charge is 0.346 e. The van der Waals surface area contributed by atoms with Crippen molar-refractivity contribution in [3.8, 4) is 0 Å². The van der Waals surface area contributed by atoms with E-state index in [1.807, 2.05) is 5.38 Å². The molecule has 0 spiro atoms. The summed E-state index contributed by atoms with van der Waals surface area (Å²) in [5.74, 6) is -1.30. The average Bonchev–Trinajstić information content (AvgIpc) is 3.31. The van der Waals surface area contributed by atoms with E-state index in [1.54, 1.807) is 22.9 Å². The summed E-state index contributed by atoms with van der Waals surface area (Å²) in [5.41, 5.74) is 1.19. The first-order chi connectivity index (χ1) is 11.2. The summed E-state index contributed by atoms with van der Waals surface area (Å²) >= 11 is 2.93. The van der Waals surface area contributed by atoms with Gasteiger partial charge in [-0.1, -0.05) is 0 Å². The van der Waals surface area contributed by atoms with Crippen molar-refractivity contribution in [3.05, 3.63) is 34.0 Å². The van der Waals surface area contributed by atoms with Gasteiger partial charge in [0.25, 0.3) is 0 Å². The molecule has 1 aliphatic rings. The Balaban J connectivity index is 1.57. The number of thiophene rings is 1. The third-order valence-electron chi connectivity index (χ3n) is 3.82. The lowest BCUT2D eigenvalue weighted by atomic mass is 10.1. The molecule has 0 radical (unpaired) electrons. The van der Waals surface area contributed by atoms with E-state index in [-0.39, 0.29) is 6.04 Å². The van der Waals surface area contributed by atoms with E-state index in [2.05, 4.69) is 32.0 Å². The van der Waals surface area contributed by atoms with Crippen LogP contribution in [0.1, 0.15) is 24.4 Å². The number of nitrogens with zero attached hydrogens (tertiary/aromatic N) is 2. The van der Waals surface area contributed by atoms with Gasteiger partial charge in [-0.3, -0.25) is 19.8 Å². The van der Waals surface area contributed by atoms with Gasteiger partial charge in [-0.2, -0.15) is 11.3 Å². The number of thiazole rings is 1. The molecule has 1 fully saturated rings. The predicted molar refractivity (Wildman–Crippen MR) is 91.6 cm³/mol. The number of rotatable bonds is 5. The van der Waals surface area contributed by atoms with Crippen molar-refractivity contribution in [2.24, 2.45) is 0 Å². The fraction of sp³-hybridized carbons (Fsp3) is 0.400. The Kier molecular flexibility index (Phi) is 5.37. The van der Waals surface area contributed by atoms with Crippen LogP contribution in [0.4, 0.5) is 5.13 Å². The van der Waals surface area contributed by atoms with Crippen LogP contribution >= 0.6 is 22.7 Å². The van der Waals surface area contributed by atoms with Crippen LogP contribution in [0.3, 0.4) is 0 Å². The Morgan fingerprint density at radius 3 is 2.74 bits per heavy atom. The van der Waals surface area contributed by atoms with Crippen LogP contribution in [-0.4, -0.2) is 41.3 Å². The molecule has 8 heteroatoms. The minimum Gasteiger partial charge on any atom is -0.346 e. The molecule has 1 atom stereocenters. The molecule has 2 aromatic heterocycles. The standard InChI is InChI=1S/C15H18N4O2S2/c20-13(14(21)18-15-16-4-8-23-15)17-9-12(11-3-7-22-10-11)19-5-1-2-6-19/h3-4,7-8,10,12H,1-2,5-6,9H2,(H,17,20)(H,16,18,21). The Morgan fingerprint density at radius 2 is 2.09 bits per heavy atom. The number of carbonyl (C=O) groups is 2. The number of hydrogen-bond acceptors (Lipinski definition) is 6. The van der Waals surface area contributed by atoms with E-state index >= 15 is 0 Å². The van der Waals surface area contributed by atoms with Crippen LogP contribution < -0.4 is 10.6 Å². The maximum Gasteiger partial charge on any atom is 0.315 e. The zero-order chi connectivity index (χ0) is 16.1. The molecule has 0 aromatic carbocycles. The minimum absolute atomic E-state index is 0.125. The highest BCUT2D eigenvalue weighted by molar-refractivity contribution is 7.13. The number of hydrogen-bond donors (Lipinski definition) is 2. The van der Waals surface area contributed by atoms with Gasteiger partial charge < -0.3 is 5.32 Å². The van der Waals surface area contributed by atoms with E-state index in [9.17, 15) is 9.59 Å². The predicted octanol–water partition coefficient (Wildman–Crippen LogP) is 2.10. The molecule has 6 nitrogen and oxygen atoms in total. The molecule has 0 aliphatic carbocycles. The number of nitrogens with one attached hydrogen (secondary N) is 2. The molecule has 3 heterocycles. The van der Waals surface area contributed by atoms with Crippen LogP contribution in [0.15, 0.2) is 28.4 Å². The summed E-state index contributed by atoms with van der Waals surface area (Å²) < 4.78 is 0. The van der Waals surface area contributed by atoms with Gasteiger partial charge in [0, 0.05) is 18.1 Å². The molecule has 1 aliphatic heterocycles. The van der Waals surface area contributed by atoms with Gasteiger partial charge in [0.2, 0.25) is 0 Å². The van der Waals surface area contributed by atoms with Gasteiger partial charge in [0.1, 0.15) is 0 Å². The number of likely N-dealkylation sites (tertiary alicyclic amines) is 1.